The molecule has 1 saturated carbocycles. The average Bonchev–Trinajstić information content (AvgIpc) is 2.82. The lowest BCUT2D eigenvalue weighted by molar-refractivity contribution is 0.0643. The molecule has 0 radical (unpaired) electrons. The van der Waals surface area contributed by atoms with Crippen molar-refractivity contribution in [2.45, 2.75) is 25.9 Å². The van der Waals surface area contributed by atoms with Gasteiger partial charge in [-0.3, -0.25) is 0 Å². The van der Waals surface area contributed by atoms with Gasteiger partial charge in [-0.05, 0) is 24.7 Å². The molecule has 13 heavy (non-hydrogen) atoms. The summed E-state index contributed by atoms with van der Waals surface area (Å²) in [4.78, 5) is 0. The quantitative estimate of drug-likeness (QED) is 0.296. The Morgan fingerprint density at radius 3 is 2.92 bits per heavy atom. The lowest BCUT2D eigenvalue weighted by Gasteiger charge is -2.14. The third-order valence-electron chi connectivity index (χ3n) is 2.51. The van der Waals surface area contributed by atoms with Crippen LogP contribution in [0.15, 0.2) is 17.8 Å². The normalized spacial score (nSPS) is 29.0. The molecule has 3 heteroatoms. The molecule has 0 bridgehead atoms. The van der Waals surface area contributed by atoms with Crippen LogP contribution >= 0.6 is 0 Å². The predicted molar refractivity (Wildman–Crippen MR) is 52.1 cm³/mol. The average molecular weight is 183 g/mol. The van der Waals surface area contributed by atoms with Gasteiger partial charge in [0, 0.05) is 0 Å². The highest BCUT2D eigenvalue weighted by Gasteiger charge is 2.39. The molecular formula is C10H17NO2. The third kappa shape index (κ3) is 3.19. The zero-order valence-corrected chi connectivity index (χ0v) is 8.02. The van der Waals surface area contributed by atoms with Crippen LogP contribution in [0.3, 0.4) is 0 Å². The second-order valence-electron chi connectivity index (χ2n) is 3.57. The Morgan fingerprint density at radius 2 is 2.46 bits per heavy atom. The van der Waals surface area contributed by atoms with Gasteiger partial charge in [0.2, 0.25) is 0 Å². The van der Waals surface area contributed by atoms with Crippen LogP contribution in [0, 0.1) is 11.8 Å². The summed E-state index contributed by atoms with van der Waals surface area (Å²) in [6.07, 6.45) is 5.63. The van der Waals surface area contributed by atoms with Crippen molar-refractivity contribution in [1.29, 1.82) is 0 Å². The number of hydrogen-bond donors (Lipinski definition) is 1. The summed E-state index contributed by atoms with van der Waals surface area (Å²) in [6, 6.07) is 0. The van der Waals surface area contributed by atoms with E-state index in [1.165, 1.54) is 12.6 Å². The van der Waals surface area contributed by atoms with Gasteiger partial charge in [-0.25, -0.2) is 0 Å². The van der Waals surface area contributed by atoms with Crippen LogP contribution < -0.4 is 0 Å². The van der Waals surface area contributed by atoms with Gasteiger partial charge in [-0.15, -0.1) is 6.58 Å². The van der Waals surface area contributed by atoms with Crippen LogP contribution in [0.1, 0.15) is 19.8 Å². The monoisotopic (exact) mass is 183 g/mol. The maximum Gasteiger partial charge on any atom is 0.0855 e. The Morgan fingerprint density at radius 1 is 1.77 bits per heavy atom. The van der Waals surface area contributed by atoms with E-state index in [0.29, 0.717) is 12.5 Å². The lowest BCUT2D eigenvalue weighted by atomic mass is 10.1. The van der Waals surface area contributed by atoms with Crippen LogP contribution in [0.5, 0.6) is 0 Å². The summed E-state index contributed by atoms with van der Waals surface area (Å²) in [5.41, 5.74) is 0. The molecule has 3 atom stereocenters. The fraction of sp³-hybridized carbons (Fsp3) is 0.700. The highest BCUT2D eigenvalue weighted by Crippen LogP contribution is 2.42. The second-order valence-corrected chi connectivity index (χ2v) is 3.57. The number of ether oxygens (including phenoxy) is 1. The van der Waals surface area contributed by atoms with Gasteiger partial charge in [0.1, 0.15) is 0 Å². The fourth-order valence-electron chi connectivity index (χ4n) is 1.60. The van der Waals surface area contributed by atoms with Crippen molar-refractivity contribution in [3.05, 3.63) is 12.7 Å². The van der Waals surface area contributed by atoms with Gasteiger partial charge in [-0.2, -0.15) is 0 Å². The zero-order valence-electron chi connectivity index (χ0n) is 8.02. The van der Waals surface area contributed by atoms with E-state index in [-0.39, 0.29) is 6.10 Å². The Kier molecular flexibility index (Phi) is 3.96. The van der Waals surface area contributed by atoms with E-state index in [2.05, 4.69) is 18.7 Å². The Hall–Kier alpha value is -0.830. The van der Waals surface area contributed by atoms with Crippen molar-refractivity contribution in [2.24, 2.45) is 17.0 Å². The first-order chi connectivity index (χ1) is 6.29. The number of rotatable bonds is 6. The first kappa shape index (κ1) is 10.3. The molecule has 3 nitrogen and oxygen atoms in total. The van der Waals surface area contributed by atoms with Gasteiger partial charge in [0.25, 0.3) is 0 Å². The maximum absolute atomic E-state index is 8.18. The van der Waals surface area contributed by atoms with E-state index in [1.807, 2.05) is 6.08 Å². The standard InChI is InChI=1S/C10H17NO2/c1-3-4-10(9-7-8(9)2)13-6-5-11-12/h3,5,8-10,12H,1,4,6-7H2,2H3/b11-5-/t8-,9-,10?/m1/s1. The van der Waals surface area contributed by atoms with Crippen molar-refractivity contribution in [1.82, 2.24) is 0 Å². The van der Waals surface area contributed by atoms with Crippen LogP contribution in [0.2, 0.25) is 0 Å². The highest BCUT2D eigenvalue weighted by molar-refractivity contribution is 5.57. The second kappa shape index (κ2) is 5.02. The first-order valence-corrected chi connectivity index (χ1v) is 4.68. The summed E-state index contributed by atoms with van der Waals surface area (Å²) in [5, 5.41) is 11.1. The largest absolute Gasteiger partial charge is 0.411 e. The molecule has 1 aliphatic carbocycles. The number of nitrogens with zero attached hydrogens (tertiary/aromatic N) is 1. The minimum absolute atomic E-state index is 0.255. The summed E-state index contributed by atoms with van der Waals surface area (Å²) in [5.74, 6) is 1.45. The summed E-state index contributed by atoms with van der Waals surface area (Å²) < 4.78 is 5.54. The van der Waals surface area contributed by atoms with Gasteiger partial charge in [-0.1, -0.05) is 18.2 Å². The molecule has 0 amide bonds. The molecule has 1 N–H and O–H groups in total. The molecule has 1 unspecified atom stereocenters. The molecule has 0 aromatic rings. The third-order valence-corrected chi connectivity index (χ3v) is 2.51. The minimum Gasteiger partial charge on any atom is -0.411 e. The van der Waals surface area contributed by atoms with Crippen molar-refractivity contribution >= 4 is 6.21 Å². The molecule has 0 saturated heterocycles. The Bertz CT molecular complexity index is 191. The number of hydrogen-bond acceptors (Lipinski definition) is 3. The Balaban J connectivity index is 2.25. The van der Waals surface area contributed by atoms with Crippen LogP contribution in [0.4, 0.5) is 0 Å². The van der Waals surface area contributed by atoms with Crippen LogP contribution in [0.25, 0.3) is 0 Å². The first-order valence-electron chi connectivity index (χ1n) is 4.68. The minimum atomic E-state index is 0.255. The van der Waals surface area contributed by atoms with Crippen molar-refractivity contribution < 1.29 is 9.94 Å². The van der Waals surface area contributed by atoms with E-state index in [1.54, 1.807) is 0 Å². The highest BCUT2D eigenvalue weighted by atomic mass is 16.5. The summed E-state index contributed by atoms with van der Waals surface area (Å²) in [7, 11) is 0. The fourth-order valence-corrected chi connectivity index (χ4v) is 1.60. The smallest absolute Gasteiger partial charge is 0.0855 e. The van der Waals surface area contributed by atoms with Crippen molar-refractivity contribution in [3.8, 4) is 0 Å². The molecule has 1 aliphatic rings. The van der Waals surface area contributed by atoms with Gasteiger partial charge < -0.3 is 9.94 Å². The van der Waals surface area contributed by atoms with Gasteiger partial charge in [0.15, 0.2) is 0 Å². The van der Waals surface area contributed by atoms with Gasteiger partial charge in [0.05, 0.1) is 18.9 Å². The molecule has 74 valence electrons. The van der Waals surface area contributed by atoms with E-state index in [0.717, 1.165) is 12.3 Å². The molecular weight excluding hydrogens is 166 g/mol. The predicted octanol–water partition coefficient (Wildman–Crippen LogP) is 2.06. The molecule has 0 aliphatic heterocycles. The Labute approximate surface area is 79.1 Å². The zero-order chi connectivity index (χ0) is 9.68. The summed E-state index contributed by atoms with van der Waals surface area (Å²) in [6.45, 7) is 6.31. The van der Waals surface area contributed by atoms with Crippen LogP contribution in [-0.2, 0) is 4.74 Å². The summed E-state index contributed by atoms with van der Waals surface area (Å²) >= 11 is 0. The van der Waals surface area contributed by atoms with Gasteiger partial charge >= 0.3 is 0 Å². The molecule has 0 spiro atoms. The van der Waals surface area contributed by atoms with Crippen LogP contribution in [-0.4, -0.2) is 24.1 Å². The maximum atomic E-state index is 8.18. The molecule has 0 aromatic carbocycles. The molecule has 0 heterocycles. The van der Waals surface area contributed by atoms with Crippen molar-refractivity contribution in [3.63, 3.8) is 0 Å². The van der Waals surface area contributed by atoms with Crippen molar-refractivity contribution in [2.75, 3.05) is 6.61 Å². The molecule has 1 fully saturated rings. The van der Waals surface area contributed by atoms with E-state index >= 15 is 0 Å². The lowest BCUT2D eigenvalue weighted by Crippen LogP contribution is -2.16. The van der Waals surface area contributed by atoms with E-state index < -0.39 is 0 Å². The van der Waals surface area contributed by atoms with E-state index in [4.69, 9.17) is 9.94 Å². The SMILES string of the molecule is C=CCC(OC/C=N\O)[C@@H]1C[C@H]1C. The number of oxime groups is 1. The molecule has 1 rings (SSSR count). The van der Waals surface area contributed by atoms with E-state index in [9.17, 15) is 0 Å². The molecule has 0 aromatic heterocycles. The topological polar surface area (TPSA) is 41.8 Å².